The van der Waals surface area contributed by atoms with Crippen LogP contribution in [-0.4, -0.2) is 58.7 Å². The van der Waals surface area contributed by atoms with E-state index in [0.29, 0.717) is 18.1 Å². The van der Waals surface area contributed by atoms with Crippen molar-refractivity contribution in [1.29, 1.82) is 0 Å². The van der Waals surface area contributed by atoms with Crippen molar-refractivity contribution in [3.63, 3.8) is 0 Å². The molecule has 4 heterocycles. The van der Waals surface area contributed by atoms with E-state index in [0.717, 1.165) is 42.2 Å². The van der Waals surface area contributed by atoms with Gasteiger partial charge in [-0.25, -0.2) is 9.97 Å². The van der Waals surface area contributed by atoms with E-state index in [2.05, 4.69) is 44.1 Å². The lowest BCUT2D eigenvalue weighted by Gasteiger charge is -2.35. The standard InChI is InChI=1S/C18H22N6O2S/c1-11-8-14(22-26-11)21-15(25)9-23-4-6-24(7-5-23)17-16-12(2)13(3)27-18(16)20-10-19-17/h8,10H,4-7,9H2,1-3H3,(H,21,22,25). The molecule has 0 bridgehead atoms. The van der Waals surface area contributed by atoms with Crippen molar-refractivity contribution in [3.8, 4) is 0 Å². The molecule has 1 aliphatic heterocycles. The van der Waals surface area contributed by atoms with Crippen LogP contribution in [0, 0.1) is 20.8 Å². The molecule has 1 N–H and O–H groups in total. The van der Waals surface area contributed by atoms with Crippen LogP contribution < -0.4 is 10.2 Å². The van der Waals surface area contributed by atoms with Crippen LogP contribution in [0.2, 0.25) is 0 Å². The maximum absolute atomic E-state index is 12.2. The van der Waals surface area contributed by atoms with Gasteiger partial charge >= 0.3 is 0 Å². The van der Waals surface area contributed by atoms with Crippen LogP contribution >= 0.6 is 11.3 Å². The zero-order chi connectivity index (χ0) is 19.0. The molecule has 9 heteroatoms. The highest BCUT2D eigenvalue weighted by molar-refractivity contribution is 7.18. The van der Waals surface area contributed by atoms with Crippen LogP contribution in [0.15, 0.2) is 16.9 Å². The van der Waals surface area contributed by atoms with Crippen molar-refractivity contribution in [2.45, 2.75) is 20.8 Å². The topological polar surface area (TPSA) is 87.4 Å². The van der Waals surface area contributed by atoms with Crippen LogP contribution in [0.1, 0.15) is 16.2 Å². The van der Waals surface area contributed by atoms with Gasteiger partial charge in [0.25, 0.3) is 0 Å². The lowest BCUT2D eigenvalue weighted by molar-refractivity contribution is -0.117. The maximum Gasteiger partial charge on any atom is 0.239 e. The molecule has 0 unspecified atom stereocenters. The molecular weight excluding hydrogens is 364 g/mol. The summed E-state index contributed by atoms with van der Waals surface area (Å²) in [6.07, 6.45) is 1.65. The summed E-state index contributed by atoms with van der Waals surface area (Å²) >= 11 is 1.71. The fraction of sp³-hybridized carbons (Fsp3) is 0.444. The number of fused-ring (bicyclic) bond motifs is 1. The number of carbonyl (C=O) groups excluding carboxylic acids is 1. The van der Waals surface area contributed by atoms with Gasteiger partial charge in [-0.05, 0) is 26.3 Å². The average Bonchev–Trinajstić information content (AvgIpc) is 3.18. The van der Waals surface area contributed by atoms with Gasteiger partial charge in [-0.3, -0.25) is 9.69 Å². The Hall–Kier alpha value is -2.52. The molecular formula is C18H22N6O2S. The number of carbonyl (C=O) groups is 1. The Morgan fingerprint density at radius 3 is 2.70 bits per heavy atom. The third kappa shape index (κ3) is 3.65. The van der Waals surface area contributed by atoms with Gasteiger partial charge in [0.15, 0.2) is 5.82 Å². The molecule has 27 heavy (non-hydrogen) atoms. The van der Waals surface area contributed by atoms with E-state index in [1.54, 1.807) is 30.7 Å². The molecule has 0 radical (unpaired) electrons. The molecule has 3 aromatic rings. The molecule has 142 valence electrons. The zero-order valence-corrected chi connectivity index (χ0v) is 16.5. The van der Waals surface area contributed by atoms with E-state index in [1.165, 1.54) is 10.4 Å². The number of amides is 1. The normalized spacial score (nSPS) is 15.4. The molecule has 0 spiro atoms. The minimum atomic E-state index is -0.0783. The van der Waals surface area contributed by atoms with E-state index in [-0.39, 0.29) is 5.91 Å². The lowest BCUT2D eigenvalue weighted by atomic mass is 10.2. The predicted molar refractivity (Wildman–Crippen MR) is 105 cm³/mol. The Balaban J connectivity index is 1.38. The molecule has 1 fully saturated rings. The van der Waals surface area contributed by atoms with Gasteiger partial charge in [-0.15, -0.1) is 11.3 Å². The molecule has 1 saturated heterocycles. The minimum absolute atomic E-state index is 0.0783. The van der Waals surface area contributed by atoms with E-state index in [1.807, 2.05) is 0 Å². The lowest BCUT2D eigenvalue weighted by Crippen LogP contribution is -2.49. The van der Waals surface area contributed by atoms with E-state index < -0.39 is 0 Å². The average molecular weight is 386 g/mol. The van der Waals surface area contributed by atoms with Crippen LogP contribution in [-0.2, 0) is 4.79 Å². The number of thiophene rings is 1. The number of aryl methyl sites for hydroxylation is 3. The van der Waals surface area contributed by atoms with E-state index in [4.69, 9.17) is 4.52 Å². The van der Waals surface area contributed by atoms with Gasteiger partial charge in [0.2, 0.25) is 5.91 Å². The summed E-state index contributed by atoms with van der Waals surface area (Å²) in [7, 11) is 0. The summed E-state index contributed by atoms with van der Waals surface area (Å²) < 4.78 is 4.97. The quantitative estimate of drug-likeness (QED) is 0.736. The number of hydrogen-bond acceptors (Lipinski definition) is 8. The largest absolute Gasteiger partial charge is 0.360 e. The highest BCUT2D eigenvalue weighted by atomic mass is 32.1. The fourth-order valence-electron chi connectivity index (χ4n) is 3.33. The summed E-state index contributed by atoms with van der Waals surface area (Å²) in [5.74, 6) is 2.06. The first-order valence-electron chi connectivity index (χ1n) is 8.92. The second-order valence-electron chi connectivity index (χ2n) is 6.79. The Labute approximate surface area is 161 Å². The number of aromatic nitrogens is 3. The molecule has 0 aromatic carbocycles. The van der Waals surface area contributed by atoms with Crippen LogP contribution in [0.5, 0.6) is 0 Å². The first kappa shape index (κ1) is 17.9. The summed E-state index contributed by atoms with van der Waals surface area (Å²) in [6, 6.07) is 1.71. The van der Waals surface area contributed by atoms with Crippen molar-refractivity contribution < 1.29 is 9.32 Å². The summed E-state index contributed by atoms with van der Waals surface area (Å²) in [5.41, 5.74) is 1.26. The third-order valence-corrected chi connectivity index (χ3v) is 6.00. The smallest absolute Gasteiger partial charge is 0.239 e. The van der Waals surface area contributed by atoms with Gasteiger partial charge in [0.05, 0.1) is 11.9 Å². The first-order valence-corrected chi connectivity index (χ1v) is 9.74. The van der Waals surface area contributed by atoms with Gasteiger partial charge in [-0.1, -0.05) is 5.16 Å². The number of piperazine rings is 1. The second-order valence-corrected chi connectivity index (χ2v) is 8.00. The monoisotopic (exact) mass is 386 g/mol. The van der Waals surface area contributed by atoms with Crippen molar-refractivity contribution in [3.05, 3.63) is 28.6 Å². The van der Waals surface area contributed by atoms with Gasteiger partial charge in [0, 0.05) is 37.1 Å². The molecule has 1 aliphatic rings. The van der Waals surface area contributed by atoms with Crippen LogP contribution in [0.3, 0.4) is 0 Å². The minimum Gasteiger partial charge on any atom is -0.360 e. The molecule has 0 atom stereocenters. The zero-order valence-electron chi connectivity index (χ0n) is 15.7. The SMILES string of the molecule is Cc1cc(NC(=O)CN2CCN(c3ncnc4sc(C)c(C)c34)CC2)no1. The Kier molecular flexibility index (Phi) is 4.79. The highest BCUT2D eigenvalue weighted by Gasteiger charge is 2.23. The third-order valence-electron chi connectivity index (χ3n) is 4.88. The fourth-order valence-corrected chi connectivity index (χ4v) is 4.32. The maximum atomic E-state index is 12.2. The van der Waals surface area contributed by atoms with Crippen LogP contribution in [0.4, 0.5) is 11.6 Å². The van der Waals surface area contributed by atoms with E-state index >= 15 is 0 Å². The Bertz CT molecular complexity index is 974. The number of hydrogen-bond donors (Lipinski definition) is 1. The van der Waals surface area contributed by atoms with E-state index in [9.17, 15) is 4.79 Å². The van der Waals surface area contributed by atoms with Crippen molar-refractivity contribution in [2.24, 2.45) is 0 Å². The molecule has 1 amide bonds. The number of nitrogens with one attached hydrogen (secondary N) is 1. The molecule has 0 saturated carbocycles. The van der Waals surface area contributed by atoms with Crippen molar-refractivity contribution in [2.75, 3.05) is 42.9 Å². The molecule has 3 aromatic heterocycles. The molecule has 8 nitrogen and oxygen atoms in total. The number of nitrogens with zero attached hydrogens (tertiary/aromatic N) is 5. The van der Waals surface area contributed by atoms with Crippen molar-refractivity contribution in [1.82, 2.24) is 20.0 Å². The highest BCUT2D eigenvalue weighted by Crippen LogP contribution is 2.34. The second kappa shape index (κ2) is 7.24. The summed E-state index contributed by atoms with van der Waals surface area (Å²) in [6.45, 7) is 9.66. The Morgan fingerprint density at radius 1 is 1.22 bits per heavy atom. The van der Waals surface area contributed by atoms with Crippen LogP contribution in [0.25, 0.3) is 10.2 Å². The summed E-state index contributed by atoms with van der Waals surface area (Å²) in [4.78, 5) is 27.9. The number of anilines is 2. The van der Waals surface area contributed by atoms with Crippen molar-refractivity contribution >= 4 is 39.1 Å². The first-order chi connectivity index (χ1) is 13.0. The summed E-state index contributed by atoms with van der Waals surface area (Å²) in [5, 5.41) is 7.72. The predicted octanol–water partition coefficient (Wildman–Crippen LogP) is 2.37. The Morgan fingerprint density at radius 2 is 2.00 bits per heavy atom. The number of rotatable bonds is 4. The molecule has 0 aliphatic carbocycles. The van der Waals surface area contributed by atoms with Gasteiger partial charge in [0.1, 0.15) is 22.7 Å². The molecule has 4 rings (SSSR count). The van der Waals surface area contributed by atoms with Gasteiger partial charge in [-0.2, -0.15) is 0 Å². The van der Waals surface area contributed by atoms with Gasteiger partial charge < -0.3 is 14.7 Å².